The van der Waals surface area contributed by atoms with Crippen LogP contribution in [0.2, 0.25) is 0 Å². The van der Waals surface area contributed by atoms with Crippen molar-refractivity contribution in [2.75, 3.05) is 11.9 Å². The van der Waals surface area contributed by atoms with E-state index in [9.17, 15) is 14.9 Å². The number of aryl methyl sites for hydroxylation is 2. The second-order valence-corrected chi connectivity index (χ2v) is 5.77. The molecule has 25 heavy (non-hydrogen) atoms. The van der Waals surface area contributed by atoms with E-state index in [0.717, 1.165) is 5.56 Å². The van der Waals surface area contributed by atoms with Crippen molar-refractivity contribution in [2.24, 2.45) is 0 Å². The van der Waals surface area contributed by atoms with Gasteiger partial charge in [0.2, 0.25) is 0 Å². The topological polar surface area (TPSA) is 93.5 Å². The van der Waals surface area contributed by atoms with Crippen molar-refractivity contribution in [3.05, 3.63) is 63.7 Å². The van der Waals surface area contributed by atoms with Crippen LogP contribution in [0.25, 0.3) is 0 Å². The molecule has 0 aliphatic heterocycles. The molecule has 1 amide bonds. The zero-order chi connectivity index (χ0) is 18.4. The Balaban J connectivity index is 1.86. The Morgan fingerprint density at radius 1 is 1.20 bits per heavy atom. The number of non-ortho nitro benzene ring substituents is 1. The number of nitrogens with one attached hydrogen (secondary N) is 2. The highest BCUT2D eigenvalue weighted by atomic mass is 32.1. The van der Waals surface area contributed by atoms with Gasteiger partial charge in [-0.2, -0.15) is 0 Å². The Labute approximate surface area is 150 Å². The van der Waals surface area contributed by atoms with E-state index >= 15 is 0 Å². The summed E-state index contributed by atoms with van der Waals surface area (Å²) in [5.74, 6) is 0.184. The van der Waals surface area contributed by atoms with Gasteiger partial charge in [0.25, 0.3) is 11.6 Å². The normalized spacial score (nSPS) is 10.0. The molecule has 0 saturated carbocycles. The minimum absolute atomic E-state index is 0.00972. The zero-order valence-corrected chi connectivity index (χ0v) is 14.6. The van der Waals surface area contributed by atoms with Crippen molar-refractivity contribution in [3.8, 4) is 5.75 Å². The number of nitro groups is 1. The summed E-state index contributed by atoms with van der Waals surface area (Å²) in [7, 11) is 0. The quantitative estimate of drug-likeness (QED) is 0.484. The highest BCUT2D eigenvalue weighted by Gasteiger charge is 2.10. The second kappa shape index (κ2) is 8.20. The summed E-state index contributed by atoms with van der Waals surface area (Å²) >= 11 is 5.07. The van der Waals surface area contributed by atoms with Crippen molar-refractivity contribution in [1.29, 1.82) is 0 Å². The third-order valence-electron chi connectivity index (χ3n) is 3.31. The van der Waals surface area contributed by atoms with Crippen LogP contribution in [-0.4, -0.2) is 22.5 Å². The summed E-state index contributed by atoms with van der Waals surface area (Å²) in [6.07, 6.45) is 0. The van der Waals surface area contributed by atoms with Crippen LogP contribution in [0.1, 0.15) is 11.1 Å². The molecule has 0 spiro atoms. The van der Waals surface area contributed by atoms with Gasteiger partial charge >= 0.3 is 0 Å². The number of carbonyl (C=O) groups excluding carboxylic acids is 1. The molecule has 2 aromatic rings. The molecule has 0 heterocycles. The molecule has 0 bridgehead atoms. The first-order valence-electron chi connectivity index (χ1n) is 7.40. The van der Waals surface area contributed by atoms with Crippen molar-refractivity contribution in [2.45, 2.75) is 13.8 Å². The molecule has 0 aliphatic rings. The molecule has 0 saturated heterocycles. The van der Waals surface area contributed by atoms with E-state index in [1.807, 2.05) is 19.1 Å². The fourth-order valence-electron chi connectivity index (χ4n) is 2.00. The van der Waals surface area contributed by atoms with Crippen LogP contribution in [0.15, 0.2) is 42.5 Å². The molecule has 0 atom stereocenters. The lowest BCUT2D eigenvalue weighted by molar-refractivity contribution is -0.384. The molecule has 0 unspecified atom stereocenters. The van der Waals surface area contributed by atoms with Crippen LogP contribution in [0.4, 0.5) is 11.4 Å². The van der Waals surface area contributed by atoms with E-state index in [4.69, 9.17) is 17.0 Å². The van der Waals surface area contributed by atoms with Gasteiger partial charge in [-0.25, -0.2) is 0 Å². The highest BCUT2D eigenvalue weighted by molar-refractivity contribution is 7.80. The van der Waals surface area contributed by atoms with E-state index in [-0.39, 0.29) is 17.4 Å². The SMILES string of the molecule is Cc1ccc(OCC(=O)NC(=S)Nc2ccc([N+](=O)[O-])cc2C)cc1. The van der Waals surface area contributed by atoms with E-state index in [1.165, 1.54) is 18.2 Å². The average Bonchev–Trinajstić information content (AvgIpc) is 2.56. The van der Waals surface area contributed by atoms with Crippen molar-refractivity contribution < 1.29 is 14.5 Å². The molecule has 2 rings (SSSR count). The smallest absolute Gasteiger partial charge is 0.269 e. The molecule has 0 aliphatic carbocycles. The van der Waals surface area contributed by atoms with Gasteiger partial charge in [0.05, 0.1) is 4.92 Å². The number of nitro benzene ring substituents is 1. The van der Waals surface area contributed by atoms with Gasteiger partial charge in [-0.1, -0.05) is 17.7 Å². The summed E-state index contributed by atoms with van der Waals surface area (Å²) in [5.41, 5.74) is 2.31. The average molecular weight is 359 g/mol. The maximum absolute atomic E-state index is 11.9. The van der Waals surface area contributed by atoms with Crippen LogP contribution in [0.5, 0.6) is 5.75 Å². The van der Waals surface area contributed by atoms with Crippen molar-refractivity contribution in [1.82, 2.24) is 5.32 Å². The van der Waals surface area contributed by atoms with Gasteiger partial charge in [0, 0.05) is 17.8 Å². The van der Waals surface area contributed by atoms with E-state index < -0.39 is 10.8 Å². The van der Waals surface area contributed by atoms with Crippen LogP contribution in [0, 0.1) is 24.0 Å². The van der Waals surface area contributed by atoms with Gasteiger partial charge in [-0.05, 0) is 49.8 Å². The first-order chi connectivity index (χ1) is 11.8. The Bertz CT molecular complexity index is 806. The van der Waals surface area contributed by atoms with Gasteiger partial charge in [-0.3, -0.25) is 20.2 Å². The Morgan fingerprint density at radius 3 is 2.48 bits per heavy atom. The fraction of sp³-hybridized carbons (Fsp3) is 0.176. The van der Waals surface area contributed by atoms with E-state index in [0.29, 0.717) is 17.0 Å². The number of thiocarbonyl (C=S) groups is 1. The summed E-state index contributed by atoms with van der Waals surface area (Å²) in [6, 6.07) is 11.6. The standard InChI is InChI=1S/C17H17N3O4S/c1-11-3-6-14(7-4-11)24-10-16(21)19-17(25)18-15-8-5-13(20(22)23)9-12(15)2/h3-9H,10H2,1-2H3,(H2,18,19,21,25). The summed E-state index contributed by atoms with van der Waals surface area (Å²) < 4.78 is 5.37. The van der Waals surface area contributed by atoms with Crippen molar-refractivity contribution in [3.63, 3.8) is 0 Å². The number of hydrogen-bond acceptors (Lipinski definition) is 5. The molecule has 2 N–H and O–H groups in total. The number of carbonyl (C=O) groups is 1. The second-order valence-electron chi connectivity index (χ2n) is 5.36. The number of rotatable bonds is 5. The maximum atomic E-state index is 11.9. The van der Waals surface area contributed by atoms with Gasteiger partial charge < -0.3 is 10.1 Å². The van der Waals surface area contributed by atoms with Gasteiger partial charge in [-0.15, -0.1) is 0 Å². The lowest BCUT2D eigenvalue weighted by Gasteiger charge is -2.12. The lowest BCUT2D eigenvalue weighted by atomic mass is 10.2. The van der Waals surface area contributed by atoms with Crippen LogP contribution in [-0.2, 0) is 4.79 Å². The van der Waals surface area contributed by atoms with Crippen molar-refractivity contribution >= 4 is 34.6 Å². The maximum Gasteiger partial charge on any atom is 0.269 e. The molecule has 0 aromatic heterocycles. The Kier molecular flexibility index (Phi) is 6.02. The number of amides is 1. The van der Waals surface area contributed by atoms with E-state index in [2.05, 4.69) is 10.6 Å². The number of nitrogens with zero attached hydrogens (tertiary/aromatic N) is 1. The monoisotopic (exact) mass is 359 g/mol. The Hall–Kier alpha value is -3.00. The summed E-state index contributed by atoms with van der Waals surface area (Å²) in [5, 5.41) is 16.2. The number of ether oxygens (including phenoxy) is 1. The number of benzene rings is 2. The minimum atomic E-state index is -0.473. The van der Waals surface area contributed by atoms with Crippen LogP contribution >= 0.6 is 12.2 Å². The third kappa shape index (κ3) is 5.54. The zero-order valence-electron chi connectivity index (χ0n) is 13.7. The predicted octanol–water partition coefficient (Wildman–Crippen LogP) is 3.10. The largest absolute Gasteiger partial charge is 0.484 e. The molecule has 2 aromatic carbocycles. The first-order valence-corrected chi connectivity index (χ1v) is 7.81. The minimum Gasteiger partial charge on any atom is -0.484 e. The molecule has 130 valence electrons. The molecule has 0 radical (unpaired) electrons. The third-order valence-corrected chi connectivity index (χ3v) is 3.52. The summed E-state index contributed by atoms with van der Waals surface area (Å²) in [6.45, 7) is 3.49. The first kappa shape index (κ1) is 18.3. The van der Waals surface area contributed by atoms with E-state index in [1.54, 1.807) is 19.1 Å². The lowest BCUT2D eigenvalue weighted by Crippen LogP contribution is -2.37. The predicted molar refractivity (Wildman–Crippen MR) is 98.9 cm³/mol. The molecule has 0 fully saturated rings. The highest BCUT2D eigenvalue weighted by Crippen LogP contribution is 2.21. The van der Waals surface area contributed by atoms with Gasteiger partial charge in [0.15, 0.2) is 11.7 Å². The summed E-state index contributed by atoms with van der Waals surface area (Å²) in [4.78, 5) is 22.1. The Morgan fingerprint density at radius 2 is 1.88 bits per heavy atom. The molecular weight excluding hydrogens is 342 g/mol. The molecular formula is C17H17N3O4S. The number of anilines is 1. The molecule has 8 heteroatoms. The van der Waals surface area contributed by atoms with Crippen LogP contribution < -0.4 is 15.4 Å². The van der Waals surface area contributed by atoms with Gasteiger partial charge in [0.1, 0.15) is 5.75 Å². The molecule has 7 nitrogen and oxygen atoms in total. The fourth-order valence-corrected chi connectivity index (χ4v) is 2.23. The van der Waals surface area contributed by atoms with Crippen LogP contribution in [0.3, 0.4) is 0 Å². The number of hydrogen-bond donors (Lipinski definition) is 2.